The smallest absolute Gasteiger partial charge is 0.266 e. The number of hydrogen-bond acceptors (Lipinski definition) is 2. The Morgan fingerprint density at radius 3 is 2.50 bits per heavy atom. The zero-order chi connectivity index (χ0) is 10.7. The van der Waals surface area contributed by atoms with E-state index in [2.05, 4.69) is 37.3 Å². The molecule has 1 aromatic rings. The van der Waals surface area contributed by atoms with E-state index in [4.69, 9.17) is 0 Å². The summed E-state index contributed by atoms with van der Waals surface area (Å²) in [6.45, 7) is 0. The third kappa shape index (κ3) is 3.08. The Labute approximate surface area is 99.7 Å². The minimum absolute atomic E-state index is 0.130. The van der Waals surface area contributed by atoms with Crippen LogP contribution < -0.4 is 5.43 Å². The van der Waals surface area contributed by atoms with Gasteiger partial charge in [-0.25, -0.2) is 5.01 Å². The van der Waals surface area contributed by atoms with Crippen molar-refractivity contribution in [3.63, 3.8) is 0 Å². The van der Waals surface area contributed by atoms with Gasteiger partial charge >= 0.3 is 0 Å². The molecule has 0 spiro atoms. The summed E-state index contributed by atoms with van der Waals surface area (Å²) in [5.74, 6) is -0.130. The molecule has 1 amide bonds. The highest BCUT2D eigenvalue weighted by Crippen LogP contribution is 2.21. The summed E-state index contributed by atoms with van der Waals surface area (Å²) in [6.07, 6.45) is 0. The molecule has 0 unspecified atom stereocenters. The molecule has 0 heterocycles. The lowest BCUT2D eigenvalue weighted by Gasteiger charge is -2.12. The number of carbonyl (C=O) groups is 1. The van der Waals surface area contributed by atoms with Crippen LogP contribution in [0.25, 0.3) is 0 Å². The van der Waals surface area contributed by atoms with Crippen LogP contribution in [0.5, 0.6) is 0 Å². The number of halogens is 2. The van der Waals surface area contributed by atoms with Gasteiger partial charge in [-0.1, -0.05) is 15.9 Å². The largest absolute Gasteiger partial charge is 0.285 e. The summed E-state index contributed by atoms with van der Waals surface area (Å²) < 4.78 is 1.71. The molecular weight excluding hydrogens is 312 g/mol. The molecule has 5 heteroatoms. The van der Waals surface area contributed by atoms with Crippen molar-refractivity contribution in [2.45, 2.75) is 0 Å². The second-order valence-electron chi connectivity index (χ2n) is 2.96. The van der Waals surface area contributed by atoms with Crippen molar-refractivity contribution >= 4 is 37.8 Å². The first kappa shape index (κ1) is 11.7. The third-order valence-corrected chi connectivity index (χ3v) is 2.65. The van der Waals surface area contributed by atoms with Gasteiger partial charge in [0.1, 0.15) is 0 Å². The van der Waals surface area contributed by atoms with Crippen LogP contribution in [0.1, 0.15) is 10.4 Å². The molecule has 0 aliphatic heterocycles. The predicted octanol–water partition coefficient (Wildman–Crippen LogP) is 2.42. The van der Waals surface area contributed by atoms with Crippen LogP contribution in [0.2, 0.25) is 0 Å². The van der Waals surface area contributed by atoms with Gasteiger partial charge in [0.05, 0.1) is 5.56 Å². The second kappa shape index (κ2) is 4.91. The Morgan fingerprint density at radius 1 is 1.36 bits per heavy atom. The summed E-state index contributed by atoms with van der Waals surface area (Å²) in [6, 6.07) is 5.42. The van der Waals surface area contributed by atoms with E-state index in [1.54, 1.807) is 25.2 Å². The van der Waals surface area contributed by atoms with Crippen molar-refractivity contribution in [1.29, 1.82) is 0 Å². The molecule has 0 radical (unpaired) electrons. The maximum atomic E-state index is 11.6. The summed E-state index contributed by atoms with van der Waals surface area (Å²) >= 11 is 6.65. The van der Waals surface area contributed by atoms with Gasteiger partial charge in [0.2, 0.25) is 0 Å². The Morgan fingerprint density at radius 2 is 2.00 bits per heavy atom. The van der Waals surface area contributed by atoms with Gasteiger partial charge in [0, 0.05) is 23.0 Å². The number of hydrazine groups is 1. The van der Waals surface area contributed by atoms with Gasteiger partial charge < -0.3 is 0 Å². The molecule has 0 fully saturated rings. The Hall–Kier alpha value is -0.390. The van der Waals surface area contributed by atoms with E-state index < -0.39 is 0 Å². The second-order valence-corrected chi connectivity index (χ2v) is 4.73. The fourth-order valence-electron chi connectivity index (χ4n) is 0.937. The van der Waals surface area contributed by atoms with Crippen LogP contribution >= 0.6 is 31.9 Å². The van der Waals surface area contributed by atoms with Gasteiger partial charge in [-0.2, -0.15) is 0 Å². The van der Waals surface area contributed by atoms with Crippen LogP contribution in [0, 0.1) is 0 Å². The maximum Gasteiger partial charge on any atom is 0.266 e. The minimum Gasteiger partial charge on any atom is -0.285 e. The fraction of sp³-hybridized carbons (Fsp3) is 0.222. The lowest BCUT2D eigenvalue weighted by Crippen LogP contribution is -2.36. The molecule has 1 aromatic carbocycles. The van der Waals surface area contributed by atoms with Crippen LogP contribution in [-0.4, -0.2) is 25.0 Å². The van der Waals surface area contributed by atoms with Gasteiger partial charge in [-0.15, -0.1) is 0 Å². The van der Waals surface area contributed by atoms with Gasteiger partial charge in [0.25, 0.3) is 5.91 Å². The average molecular weight is 322 g/mol. The number of rotatable bonds is 2. The zero-order valence-electron chi connectivity index (χ0n) is 7.84. The topological polar surface area (TPSA) is 32.3 Å². The van der Waals surface area contributed by atoms with Crippen LogP contribution in [-0.2, 0) is 0 Å². The van der Waals surface area contributed by atoms with Gasteiger partial charge in [0.15, 0.2) is 0 Å². The summed E-state index contributed by atoms with van der Waals surface area (Å²) in [5.41, 5.74) is 3.28. The fourth-order valence-corrected chi connectivity index (χ4v) is 2.16. The molecule has 0 aliphatic rings. The first-order valence-corrected chi connectivity index (χ1v) is 5.52. The van der Waals surface area contributed by atoms with Crippen molar-refractivity contribution in [3.05, 3.63) is 32.7 Å². The van der Waals surface area contributed by atoms with Crippen LogP contribution in [0.3, 0.4) is 0 Å². The lowest BCUT2D eigenvalue weighted by molar-refractivity contribution is 0.0856. The molecular formula is C9H10Br2N2O. The van der Waals surface area contributed by atoms with Crippen molar-refractivity contribution in [3.8, 4) is 0 Å². The van der Waals surface area contributed by atoms with Crippen molar-refractivity contribution < 1.29 is 4.79 Å². The number of hydrogen-bond donors (Lipinski definition) is 1. The number of benzene rings is 1. The SMILES string of the molecule is CN(C)NC(=O)c1ccc(Br)cc1Br. The molecule has 1 N–H and O–H groups in total. The molecule has 1 rings (SSSR count). The monoisotopic (exact) mass is 320 g/mol. The lowest BCUT2D eigenvalue weighted by atomic mass is 10.2. The molecule has 14 heavy (non-hydrogen) atoms. The van der Waals surface area contributed by atoms with Gasteiger partial charge in [-0.3, -0.25) is 10.2 Å². The zero-order valence-corrected chi connectivity index (χ0v) is 11.0. The highest BCUT2D eigenvalue weighted by molar-refractivity contribution is 9.11. The molecule has 0 aliphatic carbocycles. The molecule has 0 aromatic heterocycles. The van der Waals surface area contributed by atoms with Gasteiger partial charge in [-0.05, 0) is 34.1 Å². The number of carbonyl (C=O) groups excluding carboxylic acids is 1. The molecule has 76 valence electrons. The third-order valence-electron chi connectivity index (χ3n) is 1.50. The van der Waals surface area contributed by atoms with Crippen LogP contribution in [0.15, 0.2) is 27.1 Å². The highest BCUT2D eigenvalue weighted by atomic mass is 79.9. The first-order chi connectivity index (χ1) is 6.50. The molecule has 0 bridgehead atoms. The van der Waals surface area contributed by atoms with E-state index >= 15 is 0 Å². The van der Waals surface area contributed by atoms with Crippen molar-refractivity contribution in [2.75, 3.05) is 14.1 Å². The standard InChI is InChI=1S/C9H10Br2N2O/c1-13(2)12-9(14)7-4-3-6(10)5-8(7)11/h3-5H,1-2H3,(H,12,14). The van der Waals surface area contributed by atoms with Crippen molar-refractivity contribution in [2.24, 2.45) is 0 Å². The summed E-state index contributed by atoms with van der Waals surface area (Å²) in [7, 11) is 3.54. The average Bonchev–Trinajstić information content (AvgIpc) is 2.01. The predicted molar refractivity (Wildman–Crippen MR) is 63.0 cm³/mol. The van der Waals surface area contributed by atoms with E-state index in [0.29, 0.717) is 5.56 Å². The molecule has 0 atom stereocenters. The Balaban J connectivity index is 2.90. The molecule has 0 saturated carbocycles. The number of nitrogens with one attached hydrogen (secondary N) is 1. The minimum atomic E-state index is -0.130. The molecule has 3 nitrogen and oxygen atoms in total. The Bertz CT molecular complexity index is 353. The Kier molecular flexibility index (Phi) is 4.10. The normalized spacial score (nSPS) is 10.4. The number of nitrogens with zero attached hydrogens (tertiary/aromatic N) is 1. The summed E-state index contributed by atoms with van der Waals surface area (Å²) in [5, 5.41) is 1.61. The first-order valence-electron chi connectivity index (χ1n) is 3.94. The maximum absolute atomic E-state index is 11.6. The molecule has 0 saturated heterocycles. The van der Waals surface area contributed by atoms with Crippen molar-refractivity contribution in [1.82, 2.24) is 10.4 Å². The van der Waals surface area contributed by atoms with E-state index in [1.807, 2.05) is 12.1 Å². The van der Waals surface area contributed by atoms with E-state index in [9.17, 15) is 4.79 Å². The van der Waals surface area contributed by atoms with E-state index in [-0.39, 0.29) is 5.91 Å². The quantitative estimate of drug-likeness (QED) is 0.848. The summed E-state index contributed by atoms with van der Waals surface area (Å²) in [4.78, 5) is 11.6. The van der Waals surface area contributed by atoms with Crippen LogP contribution in [0.4, 0.5) is 0 Å². The number of amides is 1. The van der Waals surface area contributed by atoms with E-state index in [0.717, 1.165) is 8.95 Å². The van der Waals surface area contributed by atoms with E-state index in [1.165, 1.54) is 0 Å². The highest BCUT2D eigenvalue weighted by Gasteiger charge is 2.09.